The van der Waals surface area contributed by atoms with Gasteiger partial charge in [-0.2, -0.15) is 0 Å². The highest BCUT2D eigenvalue weighted by Crippen LogP contribution is 2.30. The number of benzene rings is 3. The lowest BCUT2D eigenvalue weighted by Crippen LogP contribution is -2.38. The molecule has 4 nitrogen and oxygen atoms in total. The van der Waals surface area contributed by atoms with E-state index in [4.69, 9.17) is 9.47 Å². The predicted molar refractivity (Wildman–Crippen MR) is 118 cm³/mol. The second-order valence-electron chi connectivity index (χ2n) is 8.15. The lowest BCUT2D eigenvalue weighted by Gasteiger charge is -2.22. The molecule has 0 unspecified atom stereocenters. The zero-order chi connectivity index (χ0) is 20.9. The highest BCUT2D eigenvalue weighted by atomic mass is 16.5. The first kappa shape index (κ1) is 20.7. The van der Waals surface area contributed by atoms with Crippen molar-refractivity contribution in [1.29, 1.82) is 0 Å². The summed E-state index contributed by atoms with van der Waals surface area (Å²) in [5.41, 5.74) is 1.15. The third-order valence-electron chi connectivity index (χ3n) is 4.76. The van der Waals surface area contributed by atoms with Gasteiger partial charge in [0, 0.05) is 0 Å². The summed E-state index contributed by atoms with van der Waals surface area (Å²) in [5.74, 6) is 1.38. The third-order valence-corrected chi connectivity index (χ3v) is 4.76. The lowest BCUT2D eigenvalue weighted by atomic mass is 9.86. The number of amides is 1. The van der Waals surface area contributed by atoms with Crippen molar-refractivity contribution in [1.82, 2.24) is 5.32 Å². The van der Waals surface area contributed by atoms with E-state index in [1.807, 2.05) is 60.7 Å². The first-order valence-electron chi connectivity index (χ1n) is 10.00. The molecule has 29 heavy (non-hydrogen) atoms. The Morgan fingerprint density at radius 1 is 0.966 bits per heavy atom. The molecule has 1 amide bonds. The van der Waals surface area contributed by atoms with Crippen LogP contribution in [-0.2, 0) is 10.2 Å². The molecule has 0 saturated carbocycles. The monoisotopic (exact) mass is 391 g/mol. The molecule has 0 spiro atoms. The Bertz CT molecular complexity index is 975. The summed E-state index contributed by atoms with van der Waals surface area (Å²) in [4.78, 5) is 12.4. The molecular formula is C25H29NO3. The third kappa shape index (κ3) is 5.50. The largest absolute Gasteiger partial charge is 0.491 e. The van der Waals surface area contributed by atoms with Gasteiger partial charge in [0.05, 0.1) is 6.54 Å². The van der Waals surface area contributed by atoms with Crippen LogP contribution < -0.4 is 14.8 Å². The van der Waals surface area contributed by atoms with Gasteiger partial charge in [-0.1, -0.05) is 69.3 Å². The summed E-state index contributed by atoms with van der Waals surface area (Å²) >= 11 is 0. The number of carbonyl (C=O) groups excluding carboxylic acids is 1. The van der Waals surface area contributed by atoms with Gasteiger partial charge in [-0.05, 0) is 46.9 Å². The molecule has 152 valence electrons. The van der Waals surface area contributed by atoms with Crippen molar-refractivity contribution in [2.24, 2.45) is 0 Å². The second kappa shape index (κ2) is 8.99. The van der Waals surface area contributed by atoms with E-state index < -0.39 is 6.10 Å². The van der Waals surface area contributed by atoms with Crippen LogP contribution in [0.5, 0.6) is 11.5 Å². The van der Waals surface area contributed by atoms with Crippen molar-refractivity contribution in [3.05, 3.63) is 72.3 Å². The molecule has 1 atom stereocenters. The van der Waals surface area contributed by atoms with E-state index in [2.05, 4.69) is 32.2 Å². The van der Waals surface area contributed by atoms with Crippen molar-refractivity contribution in [2.75, 3.05) is 13.2 Å². The average Bonchev–Trinajstić information content (AvgIpc) is 2.70. The van der Waals surface area contributed by atoms with E-state index in [1.54, 1.807) is 6.92 Å². The van der Waals surface area contributed by atoms with Crippen molar-refractivity contribution < 1.29 is 14.3 Å². The van der Waals surface area contributed by atoms with Crippen LogP contribution in [0.15, 0.2) is 66.7 Å². The number of para-hydroxylation sites is 1. The summed E-state index contributed by atoms with van der Waals surface area (Å²) < 4.78 is 11.7. The van der Waals surface area contributed by atoms with E-state index in [-0.39, 0.29) is 11.3 Å². The number of hydrogen-bond acceptors (Lipinski definition) is 3. The van der Waals surface area contributed by atoms with Crippen LogP contribution in [0.2, 0.25) is 0 Å². The molecule has 0 fully saturated rings. The molecule has 0 aliphatic rings. The second-order valence-corrected chi connectivity index (χ2v) is 8.15. The van der Waals surface area contributed by atoms with Crippen LogP contribution in [0.4, 0.5) is 0 Å². The summed E-state index contributed by atoms with van der Waals surface area (Å²) in [5, 5.41) is 5.11. The molecule has 3 aromatic rings. The van der Waals surface area contributed by atoms with Gasteiger partial charge in [0.1, 0.15) is 18.1 Å². The maximum atomic E-state index is 12.4. The minimum absolute atomic E-state index is 0.00203. The lowest BCUT2D eigenvalue weighted by molar-refractivity contribution is -0.127. The molecule has 0 heterocycles. The minimum atomic E-state index is -0.585. The maximum Gasteiger partial charge on any atom is 0.260 e. The van der Waals surface area contributed by atoms with Crippen molar-refractivity contribution >= 4 is 16.7 Å². The highest BCUT2D eigenvalue weighted by Gasteiger charge is 2.18. The minimum Gasteiger partial charge on any atom is -0.491 e. The Morgan fingerprint density at radius 2 is 1.66 bits per heavy atom. The summed E-state index contributed by atoms with van der Waals surface area (Å²) in [6, 6.07) is 21.9. The molecule has 3 rings (SSSR count). The molecule has 0 radical (unpaired) electrons. The zero-order valence-electron chi connectivity index (χ0n) is 17.6. The quantitative estimate of drug-likeness (QED) is 0.570. The normalized spacial score (nSPS) is 12.4. The standard InChI is InChI=1S/C25H29NO3/c1-18(29-21-14-13-19-9-5-6-10-20(19)17-21)24(27)26-15-16-28-23-12-8-7-11-22(23)25(2,3)4/h5-14,17-18H,15-16H2,1-4H3,(H,26,27)/t18-/m1/s1. The van der Waals surface area contributed by atoms with E-state index in [0.29, 0.717) is 18.9 Å². The van der Waals surface area contributed by atoms with Crippen LogP contribution in [0.25, 0.3) is 10.8 Å². The van der Waals surface area contributed by atoms with E-state index in [9.17, 15) is 4.79 Å². The fraction of sp³-hybridized carbons (Fsp3) is 0.320. The zero-order valence-corrected chi connectivity index (χ0v) is 17.6. The van der Waals surface area contributed by atoms with Gasteiger partial charge in [0.2, 0.25) is 0 Å². The fourth-order valence-electron chi connectivity index (χ4n) is 3.19. The van der Waals surface area contributed by atoms with Gasteiger partial charge in [-0.25, -0.2) is 0 Å². The number of fused-ring (bicyclic) bond motifs is 1. The molecule has 3 aromatic carbocycles. The smallest absolute Gasteiger partial charge is 0.260 e. The van der Waals surface area contributed by atoms with Crippen LogP contribution in [0.1, 0.15) is 33.3 Å². The Morgan fingerprint density at radius 3 is 2.41 bits per heavy atom. The van der Waals surface area contributed by atoms with Gasteiger partial charge in [0.15, 0.2) is 6.10 Å². The van der Waals surface area contributed by atoms with Gasteiger partial charge in [-0.3, -0.25) is 4.79 Å². The topological polar surface area (TPSA) is 47.6 Å². The Kier molecular flexibility index (Phi) is 6.42. The van der Waals surface area contributed by atoms with E-state index >= 15 is 0 Å². The fourth-order valence-corrected chi connectivity index (χ4v) is 3.19. The molecule has 0 aliphatic carbocycles. The number of nitrogens with one attached hydrogen (secondary N) is 1. The van der Waals surface area contributed by atoms with Crippen molar-refractivity contribution in [3.63, 3.8) is 0 Å². The van der Waals surface area contributed by atoms with Crippen LogP contribution >= 0.6 is 0 Å². The first-order valence-corrected chi connectivity index (χ1v) is 10.00. The number of ether oxygens (including phenoxy) is 2. The maximum absolute atomic E-state index is 12.4. The Hall–Kier alpha value is -3.01. The Balaban J connectivity index is 1.49. The van der Waals surface area contributed by atoms with Gasteiger partial charge in [-0.15, -0.1) is 0 Å². The van der Waals surface area contributed by atoms with Crippen molar-refractivity contribution in [2.45, 2.75) is 39.2 Å². The van der Waals surface area contributed by atoms with Gasteiger partial charge in [0.25, 0.3) is 5.91 Å². The summed E-state index contributed by atoms with van der Waals surface area (Å²) in [6.45, 7) is 9.04. The number of carbonyl (C=O) groups is 1. The molecule has 4 heteroatoms. The van der Waals surface area contributed by atoms with E-state index in [0.717, 1.165) is 22.1 Å². The summed E-state index contributed by atoms with van der Waals surface area (Å²) in [6.07, 6.45) is -0.585. The molecule has 0 saturated heterocycles. The Labute approximate surface area is 172 Å². The molecule has 0 aromatic heterocycles. The summed E-state index contributed by atoms with van der Waals surface area (Å²) in [7, 11) is 0. The van der Waals surface area contributed by atoms with Crippen LogP contribution in [0, 0.1) is 0 Å². The molecule has 0 bridgehead atoms. The van der Waals surface area contributed by atoms with Crippen LogP contribution in [-0.4, -0.2) is 25.2 Å². The van der Waals surface area contributed by atoms with Gasteiger partial charge < -0.3 is 14.8 Å². The average molecular weight is 392 g/mol. The predicted octanol–water partition coefficient (Wildman–Crippen LogP) is 5.10. The SMILES string of the molecule is C[C@@H](Oc1ccc2ccccc2c1)C(=O)NCCOc1ccccc1C(C)(C)C. The first-order chi connectivity index (χ1) is 13.8. The van der Waals surface area contributed by atoms with Crippen LogP contribution in [0.3, 0.4) is 0 Å². The molecule has 1 N–H and O–H groups in total. The number of hydrogen-bond donors (Lipinski definition) is 1. The molecule has 0 aliphatic heterocycles. The van der Waals surface area contributed by atoms with Crippen molar-refractivity contribution in [3.8, 4) is 11.5 Å². The number of rotatable bonds is 7. The molecular weight excluding hydrogens is 362 g/mol. The van der Waals surface area contributed by atoms with Gasteiger partial charge >= 0.3 is 0 Å². The van der Waals surface area contributed by atoms with E-state index in [1.165, 1.54) is 0 Å². The highest BCUT2D eigenvalue weighted by molar-refractivity contribution is 5.84.